The Morgan fingerprint density at radius 3 is 2.71 bits per heavy atom. The monoisotopic (exact) mass is 264 g/mol. The second-order valence-corrected chi connectivity index (χ2v) is 4.35. The maximum Gasteiger partial charge on any atom is 1.00 e. The molecule has 88 valence electrons. The van der Waals surface area contributed by atoms with Gasteiger partial charge in [0.05, 0.1) is 17.7 Å². The number of Topliss-reactive ketones (excluding diaryl/α,β-unsaturated/α-hetero) is 1. The molecule has 0 saturated heterocycles. The van der Waals surface area contributed by atoms with Gasteiger partial charge < -0.3 is 14.0 Å². The fraction of sp³-hybridized carbons (Fsp3) is 0.417. The van der Waals surface area contributed by atoms with Gasteiger partial charge in [-0.25, -0.2) is 0 Å². The van der Waals surface area contributed by atoms with Crippen molar-refractivity contribution < 1.29 is 28.4 Å². The zero-order valence-electron chi connectivity index (χ0n) is 10.3. The van der Waals surface area contributed by atoms with Crippen LogP contribution in [-0.4, -0.2) is 19.1 Å². The van der Waals surface area contributed by atoms with Crippen molar-refractivity contribution in [2.24, 2.45) is 0 Å². The smallest absolute Gasteiger partial charge is 0.558 e. The van der Waals surface area contributed by atoms with Gasteiger partial charge in [-0.05, 0) is 18.6 Å². The van der Waals surface area contributed by atoms with Crippen LogP contribution in [0.5, 0.6) is 5.75 Å². The number of halogens is 1. The standard InChI is InChI=1S/C12H15ClO2P.Li/c1-15-11-7-4-5-9(13)12(11)10(14)6-2-3-8-16;/h4-5,7,16H,2-3,6,8H2,1H3;/q-1;+1. The Balaban J connectivity index is 0.00000256. The molecule has 0 saturated carbocycles. The zero-order valence-corrected chi connectivity index (χ0v) is 12.0. The van der Waals surface area contributed by atoms with Gasteiger partial charge in [0.15, 0.2) is 5.78 Å². The summed E-state index contributed by atoms with van der Waals surface area (Å²) < 4.78 is 5.14. The summed E-state index contributed by atoms with van der Waals surface area (Å²) in [5, 5.41) is 0.461. The number of carbonyl (C=O) groups excluding carboxylic acids is 1. The molecule has 0 radical (unpaired) electrons. The number of benzene rings is 1. The predicted octanol–water partition coefficient (Wildman–Crippen LogP) is 0.848. The van der Waals surface area contributed by atoms with Gasteiger partial charge in [0.25, 0.3) is 0 Å². The zero-order chi connectivity index (χ0) is 12.0. The van der Waals surface area contributed by atoms with Crippen molar-refractivity contribution in [1.82, 2.24) is 0 Å². The molecule has 5 heteroatoms. The molecule has 17 heavy (non-hydrogen) atoms. The molecule has 0 aliphatic rings. The Hall–Kier alpha value is 0.00740. The van der Waals surface area contributed by atoms with Gasteiger partial charge in [-0.15, -0.1) is 0 Å². The van der Waals surface area contributed by atoms with E-state index in [1.807, 2.05) is 0 Å². The van der Waals surface area contributed by atoms with E-state index in [0.717, 1.165) is 19.0 Å². The van der Waals surface area contributed by atoms with Crippen LogP contribution in [0.3, 0.4) is 0 Å². The summed E-state index contributed by atoms with van der Waals surface area (Å²) >= 11 is 6.01. The van der Waals surface area contributed by atoms with Crippen LogP contribution in [0.25, 0.3) is 0 Å². The van der Waals surface area contributed by atoms with E-state index in [-0.39, 0.29) is 24.6 Å². The molecule has 0 amide bonds. The molecule has 1 rings (SSSR count). The maximum absolute atomic E-state index is 11.9. The van der Waals surface area contributed by atoms with E-state index in [1.165, 1.54) is 0 Å². The third-order valence-corrected chi connectivity index (χ3v) is 2.97. The first kappa shape index (κ1) is 17.0. The molecule has 0 bridgehead atoms. The number of unbranched alkanes of at least 4 members (excludes halogenated alkanes) is 1. The number of ether oxygens (including phenoxy) is 1. The van der Waals surface area contributed by atoms with E-state index in [2.05, 4.69) is 9.24 Å². The third kappa shape index (κ3) is 5.02. The minimum absolute atomic E-state index is 0. The van der Waals surface area contributed by atoms with Crippen LogP contribution in [0.15, 0.2) is 18.2 Å². The third-order valence-electron chi connectivity index (χ3n) is 2.30. The van der Waals surface area contributed by atoms with Gasteiger partial charge in [0.2, 0.25) is 0 Å². The van der Waals surface area contributed by atoms with Gasteiger partial charge >= 0.3 is 18.9 Å². The van der Waals surface area contributed by atoms with Crippen molar-refractivity contribution >= 4 is 26.6 Å². The van der Waals surface area contributed by atoms with E-state index in [4.69, 9.17) is 16.3 Å². The first-order chi connectivity index (χ1) is 7.70. The van der Waals surface area contributed by atoms with Crippen LogP contribution in [0.1, 0.15) is 29.6 Å². The van der Waals surface area contributed by atoms with Crippen LogP contribution < -0.4 is 23.6 Å². The van der Waals surface area contributed by atoms with Gasteiger partial charge in [-0.3, -0.25) is 4.79 Å². The summed E-state index contributed by atoms with van der Waals surface area (Å²) in [6.07, 6.45) is 3.25. The first-order valence-electron chi connectivity index (χ1n) is 5.21. The number of ketones is 1. The van der Waals surface area contributed by atoms with Crippen molar-refractivity contribution in [3.8, 4) is 5.75 Å². The molecule has 2 nitrogen and oxygen atoms in total. The molecule has 0 aliphatic heterocycles. The van der Waals surface area contributed by atoms with Gasteiger partial charge in [0.1, 0.15) is 5.75 Å². The van der Waals surface area contributed by atoms with E-state index >= 15 is 0 Å². The molecule has 0 aliphatic carbocycles. The Bertz CT molecular complexity index is 372. The van der Waals surface area contributed by atoms with E-state index in [0.29, 0.717) is 22.8 Å². The average Bonchev–Trinajstić information content (AvgIpc) is 2.28. The molecule has 0 unspecified atom stereocenters. The summed E-state index contributed by atoms with van der Waals surface area (Å²) in [5.41, 5.74) is 0.501. The van der Waals surface area contributed by atoms with Gasteiger partial charge in [-0.2, -0.15) is 6.16 Å². The van der Waals surface area contributed by atoms with Crippen molar-refractivity contribution in [3.05, 3.63) is 28.8 Å². The van der Waals surface area contributed by atoms with Crippen LogP contribution in [0, 0.1) is 0 Å². The molecule has 0 atom stereocenters. The molecule has 0 fully saturated rings. The fourth-order valence-electron chi connectivity index (χ4n) is 1.48. The molecule has 0 aromatic heterocycles. The summed E-state index contributed by atoms with van der Waals surface area (Å²) in [6, 6.07) is 5.24. The Morgan fingerprint density at radius 1 is 1.41 bits per heavy atom. The van der Waals surface area contributed by atoms with Gasteiger partial charge in [-0.1, -0.05) is 24.1 Å². The Labute approximate surface area is 122 Å². The molecule has 1 aromatic rings. The predicted molar refractivity (Wildman–Crippen MR) is 69.4 cm³/mol. The summed E-state index contributed by atoms with van der Waals surface area (Å²) in [6.45, 7) is 0. The second kappa shape index (κ2) is 9.01. The average molecular weight is 265 g/mol. The van der Waals surface area contributed by atoms with Gasteiger partial charge in [0, 0.05) is 6.42 Å². The fourth-order valence-corrected chi connectivity index (χ4v) is 2.00. The maximum atomic E-state index is 11.9. The molecular formula is C12H15ClLiO2P. The number of hydrogen-bond acceptors (Lipinski definition) is 2. The summed E-state index contributed by atoms with van der Waals surface area (Å²) in [5.74, 6) is 0.596. The van der Waals surface area contributed by atoms with Crippen LogP contribution in [-0.2, 0) is 0 Å². The van der Waals surface area contributed by atoms with Crippen molar-refractivity contribution in [1.29, 1.82) is 0 Å². The Kier molecular flexibility index (Phi) is 9.01. The second-order valence-electron chi connectivity index (χ2n) is 3.45. The number of rotatable bonds is 6. The number of hydrogen-bond donors (Lipinski definition) is 0. The molecular weight excluding hydrogens is 249 g/mol. The minimum Gasteiger partial charge on any atom is -0.558 e. The van der Waals surface area contributed by atoms with E-state index < -0.39 is 0 Å². The van der Waals surface area contributed by atoms with E-state index in [9.17, 15) is 4.79 Å². The first-order valence-corrected chi connectivity index (χ1v) is 6.29. The van der Waals surface area contributed by atoms with Crippen LogP contribution in [0.4, 0.5) is 0 Å². The largest absolute Gasteiger partial charge is 1.00 e. The normalized spacial score (nSPS) is 9.59. The quantitative estimate of drug-likeness (QED) is 0.330. The topological polar surface area (TPSA) is 26.3 Å². The van der Waals surface area contributed by atoms with Crippen molar-refractivity contribution in [2.45, 2.75) is 19.3 Å². The summed E-state index contributed by atoms with van der Waals surface area (Å²) in [7, 11) is 4.92. The summed E-state index contributed by atoms with van der Waals surface area (Å²) in [4.78, 5) is 11.9. The SMILES string of the molecule is COc1cccc(Cl)c1C(=O)CCCC[PH-].[Li+]. The van der Waals surface area contributed by atoms with Crippen molar-refractivity contribution in [2.75, 3.05) is 13.3 Å². The molecule has 0 heterocycles. The molecule has 0 N–H and O–H groups in total. The Morgan fingerprint density at radius 2 is 2.12 bits per heavy atom. The molecule has 0 spiro atoms. The minimum atomic E-state index is 0. The molecule has 1 aromatic carbocycles. The van der Waals surface area contributed by atoms with E-state index in [1.54, 1.807) is 25.3 Å². The van der Waals surface area contributed by atoms with Crippen molar-refractivity contribution in [3.63, 3.8) is 0 Å². The number of carbonyl (C=O) groups is 1. The number of methoxy groups -OCH3 is 1. The van der Waals surface area contributed by atoms with Crippen LogP contribution in [0.2, 0.25) is 5.02 Å². The van der Waals surface area contributed by atoms with Crippen LogP contribution >= 0.6 is 20.8 Å².